The lowest BCUT2D eigenvalue weighted by atomic mass is 9.88. The van der Waals surface area contributed by atoms with Crippen LogP contribution in [0, 0.1) is 0 Å². The number of nitrogens with one attached hydrogen (secondary N) is 1. The number of anilines is 1. The van der Waals surface area contributed by atoms with Crippen LogP contribution >= 0.6 is 11.8 Å². The standard InChI is InChI=1S/C25H27N3O2S/c1-6-28-21-12-7-17(13-20(21)16(2)15-25(28,3)4)14-22-23(29)27-24(31-22)26-18-8-10-19(30-5)11-9-18/h7-15H,6H2,1-5H3,(H,26,27,29)/b22-14+. The van der Waals surface area contributed by atoms with Gasteiger partial charge in [0, 0.05) is 17.8 Å². The van der Waals surface area contributed by atoms with E-state index in [1.807, 2.05) is 30.3 Å². The van der Waals surface area contributed by atoms with Crippen molar-refractivity contribution in [2.24, 2.45) is 4.99 Å². The summed E-state index contributed by atoms with van der Waals surface area (Å²) in [6, 6.07) is 13.8. The maximum absolute atomic E-state index is 12.5. The lowest BCUT2D eigenvalue weighted by molar-refractivity contribution is -0.115. The zero-order valence-corrected chi connectivity index (χ0v) is 19.3. The molecule has 1 saturated heterocycles. The van der Waals surface area contributed by atoms with Gasteiger partial charge in [-0.3, -0.25) is 4.79 Å². The smallest absolute Gasteiger partial charge is 0.264 e. The average molecular weight is 434 g/mol. The maximum atomic E-state index is 12.5. The Balaban J connectivity index is 1.60. The number of likely N-dealkylation sites (N-methyl/N-ethyl adjacent to an activating group) is 1. The predicted molar refractivity (Wildman–Crippen MR) is 131 cm³/mol. The Morgan fingerprint density at radius 1 is 1.19 bits per heavy atom. The molecule has 0 aliphatic carbocycles. The molecule has 2 heterocycles. The summed E-state index contributed by atoms with van der Waals surface area (Å²) in [6.07, 6.45) is 4.24. The number of amidine groups is 1. The highest BCUT2D eigenvalue weighted by Crippen LogP contribution is 2.39. The van der Waals surface area contributed by atoms with Crippen molar-refractivity contribution in [2.75, 3.05) is 18.6 Å². The average Bonchev–Trinajstić information content (AvgIpc) is 3.07. The van der Waals surface area contributed by atoms with Crippen LogP contribution in [0.4, 0.5) is 11.4 Å². The van der Waals surface area contributed by atoms with Gasteiger partial charge >= 0.3 is 0 Å². The number of nitrogens with zero attached hydrogens (tertiary/aromatic N) is 2. The SMILES string of the molecule is CCN1c2ccc(/C=C3/SC(=Nc4ccc(OC)cc4)NC3=O)cc2C(C)=CC1(C)C. The number of ether oxygens (including phenoxy) is 1. The fraction of sp³-hybridized carbons (Fsp3) is 0.280. The number of methoxy groups -OCH3 is 1. The van der Waals surface area contributed by atoms with E-state index >= 15 is 0 Å². The van der Waals surface area contributed by atoms with E-state index < -0.39 is 0 Å². The summed E-state index contributed by atoms with van der Waals surface area (Å²) in [4.78, 5) is 20.1. The van der Waals surface area contributed by atoms with Gasteiger partial charge in [0.15, 0.2) is 5.17 Å². The molecule has 0 unspecified atom stereocenters. The molecule has 0 radical (unpaired) electrons. The lowest BCUT2D eigenvalue weighted by Gasteiger charge is -2.42. The summed E-state index contributed by atoms with van der Waals surface area (Å²) in [5.74, 6) is 0.646. The number of hydrogen-bond acceptors (Lipinski definition) is 5. The molecule has 0 saturated carbocycles. The van der Waals surface area contributed by atoms with Crippen LogP contribution in [0.25, 0.3) is 11.6 Å². The van der Waals surface area contributed by atoms with Gasteiger partial charge in [0.2, 0.25) is 0 Å². The molecule has 2 aliphatic rings. The van der Waals surface area contributed by atoms with Crippen LogP contribution in [0.3, 0.4) is 0 Å². The van der Waals surface area contributed by atoms with Gasteiger partial charge in [-0.2, -0.15) is 0 Å². The highest BCUT2D eigenvalue weighted by atomic mass is 32.2. The molecule has 1 fully saturated rings. The van der Waals surface area contributed by atoms with E-state index in [2.05, 4.69) is 67.2 Å². The summed E-state index contributed by atoms with van der Waals surface area (Å²) in [5, 5.41) is 3.43. The first-order valence-corrected chi connectivity index (χ1v) is 11.2. The van der Waals surface area contributed by atoms with Crippen LogP contribution in [-0.4, -0.2) is 30.3 Å². The molecular weight excluding hydrogens is 406 g/mol. The fourth-order valence-corrected chi connectivity index (χ4v) is 5.02. The molecule has 31 heavy (non-hydrogen) atoms. The number of fused-ring (bicyclic) bond motifs is 1. The Hall–Kier alpha value is -2.99. The number of amides is 1. The van der Waals surface area contributed by atoms with Gasteiger partial charge < -0.3 is 15.0 Å². The topological polar surface area (TPSA) is 53.9 Å². The number of carbonyl (C=O) groups excluding carboxylic acids is 1. The van der Waals surface area contributed by atoms with E-state index in [1.54, 1.807) is 7.11 Å². The Labute approximate surface area is 187 Å². The molecule has 0 spiro atoms. The second kappa shape index (κ2) is 8.27. The van der Waals surface area contributed by atoms with E-state index in [9.17, 15) is 4.79 Å². The van der Waals surface area contributed by atoms with Gasteiger partial charge in [0.25, 0.3) is 5.91 Å². The van der Waals surface area contributed by atoms with E-state index in [-0.39, 0.29) is 11.4 Å². The van der Waals surface area contributed by atoms with Crippen LogP contribution in [0.1, 0.15) is 38.8 Å². The van der Waals surface area contributed by atoms with Crippen molar-refractivity contribution in [3.05, 3.63) is 64.6 Å². The highest BCUT2D eigenvalue weighted by Gasteiger charge is 2.30. The number of benzene rings is 2. The van der Waals surface area contributed by atoms with Gasteiger partial charge in [0.05, 0.1) is 23.2 Å². The molecule has 2 aromatic carbocycles. The zero-order chi connectivity index (χ0) is 22.2. The van der Waals surface area contributed by atoms with E-state index in [0.717, 1.165) is 23.5 Å². The molecule has 2 aromatic rings. The molecule has 0 atom stereocenters. The van der Waals surface area contributed by atoms with Gasteiger partial charge in [-0.1, -0.05) is 12.1 Å². The predicted octanol–water partition coefficient (Wildman–Crippen LogP) is 5.61. The Morgan fingerprint density at radius 3 is 2.61 bits per heavy atom. The van der Waals surface area contributed by atoms with Crippen molar-refractivity contribution in [1.29, 1.82) is 0 Å². The van der Waals surface area contributed by atoms with Crippen molar-refractivity contribution >= 4 is 45.9 Å². The van der Waals surface area contributed by atoms with E-state index in [1.165, 1.54) is 28.6 Å². The number of aliphatic imine (C=N–C) groups is 1. The second-order valence-corrected chi connectivity index (χ2v) is 9.21. The van der Waals surface area contributed by atoms with Crippen LogP contribution in [0.5, 0.6) is 5.75 Å². The largest absolute Gasteiger partial charge is 0.497 e. The second-order valence-electron chi connectivity index (χ2n) is 8.18. The Morgan fingerprint density at radius 2 is 1.94 bits per heavy atom. The molecule has 0 aromatic heterocycles. The van der Waals surface area contributed by atoms with Crippen LogP contribution in [0.15, 0.2) is 58.4 Å². The monoisotopic (exact) mass is 433 g/mol. The molecular formula is C25H27N3O2S. The first-order chi connectivity index (χ1) is 14.8. The van der Waals surface area contributed by atoms with Gasteiger partial charge in [0.1, 0.15) is 5.75 Å². The van der Waals surface area contributed by atoms with Crippen molar-refractivity contribution in [3.8, 4) is 5.75 Å². The third kappa shape index (κ3) is 4.26. The lowest BCUT2D eigenvalue weighted by Crippen LogP contribution is -2.44. The molecule has 6 heteroatoms. The number of rotatable bonds is 4. The summed E-state index contributed by atoms with van der Waals surface area (Å²) >= 11 is 1.36. The third-order valence-electron chi connectivity index (χ3n) is 5.57. The Bertz CT molecular complexity index is 1110. The summed E-state index contributed by atoms with van der Waals surface area (Å²) in [6.45, 7) is 9.75. The quantitative estimate of drug-likeness (QED) is 0.637. The van der Waals surface area contributed by atoms with Gasteiger partial charge in [-0.15, -0.1) is 0 Å². The molecule has 160 valence electrons. The molecule has 1 amide bonds. The number of carbonyl (C=O) groups is 1. The minimum atomic E-state index is -0.126. The van der Waals surface area contributed by atoms with Crippen LogP contribution in [0.2, 0.25) is 0 Å². The summed E-state index contributed by atoms with van der Waals surface area (Å²) in [5.41, 5.74) is 5.47. The Kier molecular flexibility index (Phi) is 5.67. The molecule has 5 nitrogen and oxygen atoms in total. The van der Waals surface area contributed by atoms with Crippen molar-refractivity contribution in [1.82, 2.24) is 5.32 Å². The number of thioether (sulfide) groups is 1. The molecule has 0 bridgehead atoms. The fourth-order valence-electron chi connectivity index (χ4n) is 4.17. The third-order valence-corrected chi connectivity index (χ3v) is 6.48. The minimum Gasteiger partial charge on any atom is -0.497 e. The van der Waals surface area contributed by atoms with Crippen LogP contribution < -0.4 is 15.0 Å². The van der Waals surface area contributed by atoms with Crippen LogP contribution in [-0.2, 0) is 4.79 Å². The number of hydrogen-bond donors (Lipinski definition) is 1. The van der Waals surface area contributed by atoms with E-state index in [4.69, 9.17) is 4.74 Å². The number of allylic oxidation sites excluding steroid dienone is 1. The molecule has 1 N–H and O–H groups in total. The van der Waals surface area contributed by atoms with Gasteiger partial charge in [-0.25, -0.2) is 4.99 Å². The summed E-state index contributed by atoms with van der Waals surface area (Å²) in [7, 11) is 1.63. The van der Waals surface area contributed by atoms with E-state index in [0.29, 0.717) is 10.1 Å². The zero-order valence-electron chi connectivity index (χ0n) is 18.5. The van der Waals surface area contributed by atoms with Crippen molar-refractivity contribution in [3.63, 3.8) is 0 Å². The van der Waals surface area contributed by atoms with Crippen molar-refractivity contribution in [2.45, 2.75) is 33.2 Å². The van der Waals surface area contributed by atoms with Crippen molar-refractivity contribution < 1.29 is 9.53 Å². The van der Waals surface area contributed by atoms with Gasteiger partial charge in [-0.05, 0) is 93.1 Å². The molecule has 2 aliphatic heterocycles. The first kappa shape index (κ1) is 21.2. The maximum Gasteiger partial charge on any atom is 0.264 e. The minimum absolute atomic E-state index is 0.0141. The summed E-state index contributed by atoms with van der Waals surface area (Å²) < 4.78 is 5.17. The first-order valence-electron chi connectivity index (χ1n) is 10.4. The normalized spacial score (nSPS) is 20.0. The molecule has 4 rings (SSSR count). The highest BCUT2D eigenvalue weighted by molar-refractivity contribution is 8.18.